The van der Waals surface area contributed by atoms with Gasteiger partial charge in [0.25, 0.3) is 0 Å². The van der Waals surface area contributed by atoms with Gasteiger partial charge in [0.05, 0.1) is 11.0 Å². The molecule has 3 aromatic heterocycles. The average molecular weight is 501 g/mol. The second-order valence-electron chi connectivity index (χ2n) is 9.98. The van der Waals surface area contributed by atoms with Gasteiger partial charge in [0.1, 0.15) is 16.7 Å². The highest BCUT2D eigenvalue weighted by atomic mass is 16.3. The number of aromatic nitrogens is 2. The minimum atomic E-state index is 0.596. The highest BCUT2D eigenvalue weighted by Crippen LogP contribution is 2.40. The van der Waals surface area contributed by atoms with Gasteiger partial charge in [-0.3, -0.25) is 0 Å². The van der Waals surface area contributed by atoms with Crippen LogP contribution < -0.4 is 0 Å². The zero-order chi connectivity index (χ0) is 25.5. The molecule has 0 saturated carbocycles. The Morgan fingerprint density at radius 3 is 2.28 bits per heavy atom. The Kier molecular flexibility index (Phi) is 4.02. The number of furan rings is 1. The molecule has 0 fully saturated rings. The van der Waals surface area contributed by atoms with Crippen molar-refractivity contribution in [2.75, 3.05) is 0 Å². The molecule has 4 heteroatoms. The maximum atomic E-state index is 6.31. The van der Waals surface area contributed by atoms with Crippen LogP contribution in [0.4, 0.5) is 0 Å². The standard InChI is InChI=1S/C35H20N2O2/c1-2-9-23-21(8-1)16-18-29-33(23)24-10-3-5-13-28(24)37(29)22-17-19-30-26(20-22)34-25(11-7-15-32(34)38-30)35-36-27-12-4-6-14-31(27)39-35/h1-20H. The number of hydrogen-bond acceptors (Lipinski definition) is 3. The molecule has 9 rings (SSSR count). The Labute approximate surface area is 222 Å². The minimum absolute atomic E-state index is 0.596. The van der Waals surface area contributed by atoms with E-state index >= 15 is 0 Å². The fourth-order valence-corrected chi connectivity index (χ4v) is 6.14. The fraction of sp³-hybridized carbons (Fsp3) is 0. The van der Waals surface area contributed by atoms with Crippen molar-refractivity contribution >= 4 is 65.6 Å². The molecule has 6 aromatic carbocycles. The first kappa shape index (κ1) is 20.7. The Balaban J connectivity index is 1.36. The Bertz CT molecular complexity index is 2370. The summed E-state index contributed by atoms with van der Waals surface area (Å²) in [5.74, 6) is 0.596. The topological polar surface area (TPSA) is 44.1 Å². The maximum absolute atomic E-state index is 6.31. The first-order chi connectivity index (χ1) is 19.3. The summed E-state index contributed by atoms with van der Waals surface area (Å²) in [5.41, 5.74) is 7.63. The summed E-state index contributed by atoms with van der Waals surface area (Å²) in [5, 5.41) is 7.06. The van der Waals surface area contributed by atoms with Crippen LogP contribution in [0, 0.1) is 0 Å². The first-order valence-electron chi connectivity index (χ1n) is 13.1. The van der Waals surface area contributed by atoms with Gasteiger partial charge < -0.3 is 13.4 Å². The lowest BCUT2D eigenvalue weighted by atomic mass is 10.0. The SMILES string of the molecule is c1ccc2c(c1)ccc1c2c2ccccc2n1-c1ccc2oc3cccc(-c4nc5ccccc5o4)c3c2c1. The molecule has 0 aliphatic carbocycles. The van der Waals surface area contributed by atoms with Crippen LogP contribution in [0.2, 0.25) is 0 Å². The van der Waals surface area contributed by atoms with E-state index in [1.807, 2.05) is 36.4 Å². The fourth-order valence-electron chi connectivity index (χ4n) is 6.14. The predicted molar refractivity (Wildman–Crippen MR) is 159 cm³/mol. The minimum Gasteiger partial charge on any atom is -0.456 e. The molecule has 0 unspecified atom stereocenters. The second kappa shape index (κ2) is 7.59. The normalized spacial score (nSPS) is 12.1. The number of rotatable bonds is 2. The number of para-hydroxylation sites is 3. The molecule has 0 bridgehead atoms. The number of benzene rings is 6. The Morgan fingerprint density at radius 2 is 1.33 bits per heavy atom. The van der Waals surface area contributed by atoms with Gasteiger partial charge in [-0.15, -0.1) is 0 Å². The van der Waals surface area contributed by atoms with Gasteiger partial charge >= 0.3 is 0 Å². The van der Waals surface area contributed by atoms with E-state index < -0.39 is 0 Å². The molecule has 182 valence electrons. The summed E-state index contributed by atoms with van der Waals surface area (Å²) in [6.07, 6.45) is 0. The molecule has 3 heterocycles. The summed E-state index contributed by atoms with van der Waals surface area (Å²) >= 11 is 0. The lowest BCUT2D eigenvalue weighted by Gasteiger charge is -2.09. The lowest BCUT2D eigenvalue weighted by molar-refractivity contribution is 0.620. The monoisotopic (exact) mass is 500 g/mol. The lowest BCUT2D eigenvalue weighted by Crippen LogP contribution is -1.93. The third-order valence-electron chi connectivity index (χ3n) is 7.82. The number of nitrogens with zero attached hydrogens (tertiary/aromatic N) is 2. The largest absolute Gasteiger partial charge is 0.456 e. The van der Waals surface area contributed by atoms with Crippen LogP contribution in [-0.4, -0.2) is 9.55 Å². The molecule has 4 nitrogen and oxygen atoms in total. The number of hydrogen-bond donors (Lipinski definition) is 0. The van der Waals surface area contributed by atoms with Crippen molar-refractivity contribution in [1.82, 2.24) is 9.55 Å². The highest BCUT2D eigenvalue weighted by molar-refractivity contribution is 6.21. The van der Waals surface area contributed by atoms with Crippen LogP contribution in [0.1, 0.15) is 0 Å². The van der Waals surface area contributed by atoms with Crippen molar-refractivity contribution < 1.29 is 8.83 Å². The maximum Gasteiger partial charge on any atom is 0.228 e. The Hall–Kier alpha value is -5.35. The number of fused-ring (bicyclic) bond motifs is 9. The third-order valence-corrected chi connectivity index (χ3v) is 7.82. The summed E-state index contributed by atoms with van der Waals surface area (Å²) in [7, 11) is 0. The molecule has 39 heavy (non-hydrogen) atoms. The van der Waals surface area contributed by atoms with E-state index in [2.05, 4.69) is 89.5 Å². The predicted octanol–water partition coefficient (Wildman–Crippen LogP) is 9.64. The van der Waals surface area contributed by atoms with Crippen LogP contribution in [0.25, 0.3) is 82.8 Å². The molecule has 0 N–H and O–H groups in total. The zero-order valence-electron chi connectivity index (χ0n) is 20.8. The van der Waals surface area contributed by atoms with Gasteiger partial charge in [0.2, 0.25) is 5.89 Å². The molecule has 0 aliphatic heterocycles. The van der Waals surface area contributed by atoms with Crippen LogP contribution in [0.15, 0.2) is 130 Å². The van der Waals surface area contributed by atoms with E-state index in [0.717, 1.165) is 44.3 Å². The second-order valence-corrected chi connectivity index (χ2v) is 9.98. The molecule has 0 amide bonds. The smallest absolute Gasteiger partial charge is 0.228 e. The molecular formula is C35H20N2O2. The van der Waals surface area contributed by atoms with E-state index in [-0.39, 0.29) is 0 Å². The summed E-state index contributed by atoms with van der Waals surface area (Å²) < 4.78 is 14.9. The van der Waals surface area contributed by atoms with Crippen LogP contribution in [-0.2, 0) is 0 Å². The van der Waals surface area contributed by atoms with E-state index in [9.17, 15) is 0 Å². The third kappa shape index (κ3) is 2.85. The van der Waals surface area contributed by atoms with Crippen molar-refractivity contribution in [3.8, 4) is 17.1 Å². The summed E-state index contributed by atoms with van der Waals surface area (Å²) in [6, 6.07) is 42.1. The van der Waals surface area contributed by atoms with Crippen molar-refractivity contribution in [2.24, 2.45) is 0 Å². The van der Waals surface area contributed by atoms with Gasteiger partial charge in [-0.1, -0.05) is 66.7 Å². The summed E-state index contributed by atoms with van der Waals surface area (Å²) in [6.45, 7) is 0. The number of oxazole rings is 1. The molecule has 0 spiro atoms. The van der Waals surface area contributed by atoms with E-state index in [1.54, 1.807) is 0 Å². The van der Waals surface area contributed by atoms with Crippen molar-refractivity contribution in [1.29, 1.82) is 0 Å². The van der Waals surface area contributed by atoms with E-state index in [1.165, 1.54) is 32.6 Å². The summed E-state index contributed by atoms with van der Waals surface area (Å²) in [4.78, 5) is 4.79. The first-order valence-corrected chi connectivity index (χ1v) is 13.1. The molecular weight excluding hydrogens is 480 g/mol. The van der Waals surface area contributed by atoms with Gasteiger partial charge in [-0.25, -0.2) is 4.98 Å². The van der Waals surface area contributed by atoms with Crippen LogP contribution in [0.3, 0.4) is 0 Å². The van der Waals surface area contributed by atoms with Crippen LogP contribution >= 0.6 is 0 Å². The van der Waals surface area contributed by atoms with Gasteiger partial charge in [0, 0.05) is 32.8 Å². The molecule has 0 aliphatic rings. The van der Waals surface area contributed by atoms with Crippen molar-refractivity contribution in [3.05, 3.63) is 121 Å². The van der Waals surface area contributed by atoms with Gasteiger partial charge in [-0.2, -0.15) is 0 Å². The molecule has 9 aromatic rings. The molecule has 0 radical (unpaired) electrons. The van der Waals surface area contributed by atoms with Crippen LogP contribution in [0.5, 0.6) is 0 Å². The highest BCUT2D eigenvalue weighted by Gasteiger charge is 2.19. The van der Waals surface area contributed by atoms with E-state index in [0.29, 0.717) is 5.89 Å². The quantitative estimate of drug-likeness (QED) is 0.237. The van der Waals surface area contributed by atoms with Crippen molar-refractivity contribution in [2.45, 2.75) is 0 Å². The Morgan fingerprint density at radius 1 is 0.513 bits per heavy atom. The molecule has 0 saturated heterocycles. The average Bonchev–Trinajstić information content (AvgIpc) is 3.68. The van der Waals surface area contributed by atoms with Gasteiger partial charge in [0.15, 0.2) is 5.58 Å². The van der Waals surface area contributed by atoms with Gasteiger partial charge in [-0.05, 0) is 65.4 Å². The van der Waals surface area contributed by atoms with E-state index in [4.69, 9.17) is 13.8 Å². The molecule has 0 atom stereocenters. The zero-order valence-corrected chi connectivity index (χ0v) is 20.8. The van der Waals surface area contributed by atoms with Crippen molar-refractivity contribution in [3.63, 3.8) is 0 Å².